The van der Waals surface area contributed by atoms with Crippen molar-refractivity contribution in [3.8, 4) is 0 Å². The van der Waals surface area contributed by atoms with Gasteiger partial charge in [-0.15, -0.1) is 0 Å². The summed E-state index contributed by atoms with van der Waals surface area (Å²) < 4.78 is 0. The second kappa shape index (κ2) is 6.99. The minimum absolute atomic E-state index is 0.0894. The molecule has 0 aromatic heterocycles. The lowest BCUT2D eigenvalue weighted by Gasteiger charge is -2.09. The molecule has 104 valence electrons. The van der Waals surface area contributed by atoms with Crippen LogP contribution in [0.5, 0.6) is 0 Å². The third-order valence-electron chi connectivity index (χ3n) is 2.32. The van der Waals surface area contributed by atoms with Crippen LogP contribution in [0.3, 0.4) is 0 Å². The lowest BCUT2D eigenvalue weighted by Crippen LogP contribution is -2.34. The standard InChI is InChI=1S/C13H18ClN3O2/c1-8(2)17-12(18)5-6-16-13(19)10-7-9(15)3-4-11(10)14/h3-4,7-8H,5-6,15H2,1-2H3,(H,16,19)(H,17,18). The number of benzene rings is 1. The van der Waals surface area contributed by atoms with Crippen LogP contribution in [0.1, 0.15) is 30.6 Å². The van der Waals surface area contributed by atoms with Gasteiger partial charge in [-0.25, -0.2) is 0 Å². The Bertz CT molecular complexity index is 475. The van der Waals surface area contributed by atoms with Crippen molar-refractivity contribution in [2.75, 3.05) is 12.3 Å². The first-order chi connectivity index (χ1) is 8.90. The minimum Gasteiger partial charge on any atom is -0.399 e. The van der Waals surface area contributed by atoms with Gasteiger partial charge in [0.1, 0.15) is 0 Å². The Kier molecular flexibility index (Phi) is 5.63. The fourth-order valence-electron chi connectivity index (χ4n) is 1.50. The Morgan fingerprint density at radius 1 is 1.37 bits per heavy atom. The summed E-state index contributed by atoms with van der Waals surface area (Å²) in [5, 5.41) is 5.70. The first-order valence-electron chi connectivity index (χ1n) is 6.02. The van der Waals surface area contributed by atoms with E-state index in [1.807, 2.05) is 13.8 Å². The number of nitrogen functional groups attached to an aromatic ring is 1. The van der Waals surface area contributed by atoms with Crippen molar-refractivity contribution >= 4 is 29.1 Å². The first-order valence-corrected chi connectivity index (χ1v) is 6.40. The Morgan fingerprint density at radius 3 is 2.68 bits per heavy atom. The molecule has 0 bridgehead atoms. The lowest BCUT2D eigenvalue weighted by molar-refractivity contribution is -0.121. The zero-order chi connectivity index (χ0) is 14.4. The second-order valence-corrected chi connectivity index (χ2v) is 4.87. The number of rotatable bonds is 5. The van der Waals surface area contributed by atoms with Crippen LogP contribution in [0.25, 0.3) is 0 Å². The molecule has 1 aromatic rings. The van der Waals surface area contributed by atoms with E-state index in [0.717, 1.165) is 0 Å². The molecule has 0 saturated carbocycles. The van der Waals surface area contributed by atoms with Gasteiger partial charge in [0.25, 0.3) is 5.91 Å². The summed E-state index contributed by atoms with van der Waals surface area (Å²) >= 11 is 5.91. The largest absolute Gasteiger partial charge is 0.399 e. The normalized spacial score (nSPS) is 10.3. The third-order valence-corrected chi connectivity index (χ3v) is 2.65. The Morgan fingerprint density at radius 2 is 2.05 bits per heavy atom. The number of carbonyl (C=O) groups is 2. The zero-order valence-corrected chi connectivity index (χ0v) is 11.8. The molecule has 2 amide bonds. The van der Waals surface area contributed by atoms with Crippen LogP contribution in [0.15, 0.2) is 18.2 Å². The number of nitrogens with one attached hydrogen (secondary N) is 2. The van der Waals surface area contributed by atoms with Crippen LogP contribution >= 0.6 is 11.6 Å². The van der Waals surface area contributed by atoms with E-state index in [1.165, 1.54) is 6.07 Å². The van der Waals surface area contributed by atoms with E-state index < -0.39 is 0 Å². The highest BCUT2D eigenvalue weighted by atomic mass is 35.5. The maximum absolute atomic E-state index is 11.8. The summed E-state index contributed by atoms with van der Waals surface area (Å²) in [7, 11) is 0. The summed E-state index contributed by atoms with van der Waals surface area (Å²) in [5.74, 6) is -0.441. The van der Waals surface area contributed by atoms with Crippen molar-refractivity contribution in [3.63, 3.8) is 0 Å². The molecule has 0 heterocycles. The summed E-state index contributed by atoms with van der Waals surface area (Å²) in [4.78, 5) is 23.2. The van der Waals surface area contributed by atoms with Gasteiger partial charge in [0.05, 0.1) is 10.6 Å². The monoisotopic (exact) mass is 283 g/mol. The van der Waals surface area contributed by atoms with Gasteiger partial charge in [0.2, 0.25) is 5.91 Å². The average Bonchev–Trinajstić information content (AvgIpc) is 2.31. The van der Waals surface area contributed by atoms with Crippen LogP contribution in [0, 0.1) is 0 Å². The molecule has 5 nitrogen and oxygen atoms in total. The number of halogens is 1. The van der Waals surface area contributed by atoms with Gasteiger partial charge >= 0.3 is 0 Å². The Hall–Kier alpha value is -1.75. The predicted molar refractivity (Wildman–Crippen MR) is 76.1 cm³/mol. The molecule has 0 saturated heterocycles. The van der Waals surface area contributed by atoms with Crippen molar-refractivity contribution in [2.45, 2.75) is 26.3 Å². The highest BCUT2D eigenvalue weighted by molar-refractivity contribution is 6.34. The average molecular weight is 284 g/mol. The molecule has 6 heteroatoms. The zero-order valence-electron chi connectivity index (χ0n) is 11.0. The molecular weight excluding hydrogens is 266 g/mol. The predicted octanol–water partition coefficient (Wildman–Crippen LogP) is 1.57. The fourth-order valence-corrected chi connectivity index (χ4v) is 1.70. The number of nitrogens with two attached hydrogens (primary N) is 1. The molecule has 0 unspecified atom stereocenters. The molecule has 0 aliphatic carbocycles. The number of carbonyl (C=O) groups excluding carboxylic acids is 2. The van der Waals surface area contributed by atoms with E-state index in [2.05, 4.69) is 10.6 Å². The Labute approximate surface area is 117 Å². The molecule has 0 aliphatic rings. The quantitative estimate of drug-likeness (QED) is 0.717. The summed E-state index contributed by atoms with van der Waals surface area (Å²) in [6.07, 6.45) is 0.226. The molecule has 1 aromatic carbocycles. The molecule has 0 atom stereocenters. The van der Waals surface area contributed by atoms with E-state index >= 15 is 0 Å². The molecule has 1 rings (SSSR count). The number of hydrogen-bond donors (Lipinski definition) is 3. The maximum Gasteiger partial charge on any atom is 0.252 e. The fraction of sp³-hybridized carbons (Fsp3) is 0.385. The van der Waals surface area contributed by atoms with Crippen LogP contribution < -0.4 is 16.4 Å². The number of hydrogen-bond acceptors (Lipinski definition) is 3. The van der Waals surface area contributed by atoms with Crippen molar-refractivity contribution in [1.82, 2.24) is 10.6 Å². The number of anilines is 1. The Balaban J connectivity index is 2.48. The lowest BCUT2D eigenvalue weighted by atomic mass is 10.2. The van der Waals surface area contributed by atoms with Crippen LogP contribution in [0.4, 0.5) is 5.69 Å². The molecule has 0 aliphatic heterocycles. The van der Waals surface area contributed by atoms with Crippen LogP contribution in [-0.2, 0) is 4.79 Å². The van der Waals surface area contributed by atoms with E-state index in [4.69, 9.17) is 17.3 Å². The topological polar surface area (TPSA) is 84.2 Å². The van der Waals surface area contributed by atoms with Crippen molar-refractivity contribution in [2.24, 2.45) is 0 Å². The van der Waals surface area contributed by atoms with Crippen molar-refractivity contribution in [1.29, 1.82) is 0 Å². The van der Waals surface area contributed by atoms with Crippen molar-refractivity contribution in [3.05, 3.63) is 28.8 Å². The molecule has 0 spiro atoms. The van der Waals surface area contributed by atoms with Gasteiger partial charge in [0, 0.05) is 24.7 Å². The maximum atomic E-state index is 11.8. The van der Waals surface area contributed by atoms with Gasteiger partial charge < -0.3 is 16.4 Å². The SMILES string of the molecule is CC(C)NC(=O)CCNC(=O)c1cc(N)ccc1Cl. The third kappa shape index (κ3) is 5.18. The van der Waals surface area contributed by atoms with Crippen molar-refractivity contribution < 1.29 is 9.59 Å². The van der Waals surface area contributed by atoms with E-state index in [1.54, 1.807) is 12.1 Å². The number of amides is 2. The van der Waals surface area contributed by atoms with Gasteiger partial charge in [0.15, 0.2) is 0 Å². The smallest absolute Gasteiger partial charge is 0.252 e. The summed E-state index contributed by atoms with van der Waals surface area (Å²) in [6, 6.07) is 4.78. The van der Waals surface area contributed by atoms with E-state index in [0.29, 0.717) is 16.3 Å². The molecule has 0 fully saturated rings. The summed E-state index contributed by atoms with van der Waals surface area (Å²) in [5.41, 5.74) is 6.37. The molecule has 0 radical (unpaired) electrons. The van der Waals surface area contributed by atoms with Crippen LogP contribution in [-0.4, -0.2) is 24.4 Å². The molecule has 4 N–H and O–H groups in total. The van der Waals surface area contributed by atoms with Crippen LogP contribution in [0.2, 0.25) is 5.02 Å². The second-order valence-electron chi connectivity index (χ2n) is 4.47. The van der Waals surface area contributed by atoms with Gasteiger partial charge in [-0.2, -0.15) is 0 Å². The van der Waals surface area contributed by atoms with E-state index in [-0.39, 0.29) is 30.8 Å². The highest BCUT2D eigenvalue weighted by Crippen LogP contribution is 2.18. The van der Waals surface area contributed by atoms with Gasteiger partial charge in [-0.1, -0.05) is 11.6 Å². The molecule has 19 heavy (non-hydrogen) atoms. The van der Waals surface area contributed by atoms with Gasteiger partial charge in [-0.3, -0.25) is 9.59 Å². The minimum atomic E-state index is -0.338. The first kappa shape index (κ1) is 15.3. The van der Waals surface area contributed by atoms with E-state index in [9.17, 15) is 9.59 Å². The molecular formula is C13H18ClN3O2. The summed E-state index contributed by atoms with van der Waals surface area (Å²) in [6.45, 7) is 4.01. The van der Waals surface area contributed by atoms with Gasteiger partial charge in [-0.05, 0) is 32.0 Å². The highest BCUT2D eigenvalue weighted by Gasteiger charge is 2.11.